The van der Waals surface area contributed by atoms with Crippen LogP contribution >= 0.6 is 11.6 Å². The molecule has 0 aliphatic rings. The summed E-state index contributed by atoms with van der Waals surface area (Å²) in [4.78, 5) is 28.5. The average molecular weight is 650 g/mol. The zero-order chi connectivity index (χ0) is 32.4. The molecule has 44 heavy (non-hydrogen) atoms. The predicted octanol–water partition coefficient (Wildman–Crippen LogP) is 5.03. The van der Waals surface area contributed by atoms with E-state index in [1.54, 1.807) is 6.92 Å². The molecular weight excluding hydrogens is 613 g/mol. The van der Waals surface area contributed by atoms with Crippen molar-refractivity contribution in [2.45, 2.75) is 44.2 Å². The molecule has 1 atom stereocenters. The number of halogens is 2. The van der Waals surface area contributed by atoms with Crippen molar-refractivity contribution in [1.29, 1.82) is 0 Å². The third kappa shape index (κ3) is 8.11. The number of amides is 2. The number of nitrogens with one attached hydrogen (secondary N) is 1. The standard InChI is InChI=1S/C31H37ClFN3O7S/c1-6-16-34-31(38)25(7-2)35(19-21-8-11-23(33)12-9-21)30(37)20-36(26-17-22(32)10-14-27(26)41-3)44(39,40)24-13-15-28(42-4)29(18-24)43-5/h8-15,17-18,25H,6-7,16,19-20H2,1-5H3,(H,34,38)/t25-/m1/s1. The molecule has 0 aromatic heterocycles. The summed E-state index contributed by atoms with van der Waals surface area (Å²) in [7, 11) is -0.317. The Hall–Kier alpha value is -4.03. The van der Waals surface area contributed by atoms with E-state index >= 15 is 0 Å². The molecule has 0 heterocycles. The summed E-state index contributed by atoms with van der Waals surface area (Å²) < 4.78 is 59.2. The normalized spacial score (nSPS) is 11.8. The number of rotatable bonds is 15. The highest BCUT2D eigenvalue weighted by Crippen LogP contribution is 2.37. The second-order valence-corrected chi connectivity index (χ2v) is 12.0. The van der Waals surface area contributed by atoms with Gasteiger partial charge in [0.05, 0.1) is 31.9 Å². The van der Waals surface area contributed by atoms with Gasteiger partial charge in [0.25, 0.3) is 10.0 Å². The number of methoxy groups -OCH3 is 3. The minimum absolute atomic E-state index is 0.00773. The lowest BCUT2D eigenvalue weighted by molar-refractivity contribution is -0.140. The molecule has 1 N–H and O–H groups in total. The van der Waals surface area contributed by atoms with Gasteiger partial charge >= 0.3 is 0 Å². The second kappa shape index (κ2) is 15.6. The molecule has 238 valence electrons. The molecule has 0 saturated heterocycles. The first-order valence-corrected chi connectivity index (χ1v) is 15.7. The Morgan fingerprint density at radius 1 is 0.909 bits per heavy atom. The van der Waals surface area contributed by atoms with Gasteiger partial charge in [0.1, 0.15) is 24.2 Å². The number of nitrogens with zero attached hydrogens (tertiary/aromatic N) is 2. The molecule has 0 radical (unpaired) electrons. The summed E-state index contributed by atoms with van der Waals surface area (Å²) in [6.07, 6.45) is 0.922. The third-order valence-electron chi connectivity index (χ3n) is 6.83. The summed E-state index contributed by atoms with van der Waals surface area (Å²) in [6, 6.07) is 13.0. The van der Waals surface area contributed by atoms with E-state index in [1.807, 2.05) is 6.92 Å². The van der Waals surface area contributed by atoms with Crippen molar-refractivity contribution < 1.29 is 36.6 Å². The molecule has 0 saturated carbocycles. The smallest absolute Gasteiger partial charge is 0.265 e. The number of benzene rings is 3. The molecule has 3 aromatic carbocycles. The minimum atomic E-state index is -4.47. The van der Waals surface area contributed by atoms with Crippen LogP contribution in [0.15, 0.2) is 65.6 Å². The van der Waals surface area contributed by atoms with E-state index in [0.717, 1.165) is 4.31 Å². The Bertz CT molecular complexity index is 1550. The molecule has 0 aliphatic carbocycles. The van der Waals surface area contributed by atoms with Gasteiger partial charge in [-0.2, -0.15) is 0 Å². The first kappa shape index (κ1) is 34.5. The van der Waals surface area contributed by atoms with E-state index in [-0.39, 0.29) is 46.0 Å². The first-order chi connectivity index (χ1) is 21.0. The highest BCUT2D eigenvalue weighted by molar-refractivity contribution is 7.92. The van der Waals surface area contributed by atoms with E-state index in [4.69, 9.17) is 25.8 Å². The fraction of sp³-hybridized carbons (Fsp3) is 0.355. The Balaban J connectivity index is 2.16. The number of hydrogen-bond acceptors (Lipinski definition) is 7. The van der Waals surface area contributed by atoms with Gasteiger partial charge in [-0.25, -0.2) is 12.8 Å². The maximum atomic E-state index is 14.3. The Morgan fingerprint density at radius 2 is 1.55 bits per heavy atom. The Morgan fingerprint density at radius 3 is 2.14 bits per heavy atom. The fourth-order valence-electron chi connectivity index (χ4n) is 4.55. The van der Waals surface area contributed by atoms with Gasteiger partial charge in [0.15, 0.2) is 11.5 Å². The van der Waals surface area contributed by atoms with Crippen LogP contribution in [0.4, 0.5) is 10.1 Å². The molecule has 13 heteroatoms. The SMILES string of the molecule is CCCNC(=O)[C@@H](CC)N(Cc1ccc(F)cc1)C(=O)CN(c1cc(Cl)ccc1OC)S(=O)(=O)c1ccc(OC)c(OC)c1. The average Bonchev–Trinajstić information content (AvgIpc) is 3.02. The van der Waals surface area contributed by atoms with Crippen molar-refractivity contribution in [2.24, 2.45) is 0 Å². The van der Waals surface area contributed by atoms with E-state index in [2.05, 4.69) is 5.32 Å². The van der Waals surface area contributed by atoms with Crippen molar-refractivity contribution in [1.82, 2.24) is 10.2 Å². The zero-order valence-electron chi connectivity index (χ0n) is 25.3. The third-order valence-corrected chi connectivity index (χ3v) is 8.82. The lowest BCUT2D eigenvalue weighted by Crippen LogP contribution is -2.52. The largest absolute Gasteiger partial charge is 0.495 e. The Kier molecular flexibility index (Phi) is 12.2. The molecule has 0 unspecified atom stereocenters. The van der Waals surface area contributed by atoms with Gasteiger partial charge in [-0.05, 0) is 60.9 Å². The summed E-state index contributed by atoms with van der Waals surface area (Å²) in [6.45, 7) is 3.25. The van der Waals surface area contributed by atoms with E-state index in [9.17, 15) is 22.4 Å². The van der Waals surface area contributed by atoms with Crippen LogP contribution in [0.2, 0.25) is 5.02 Å². The highest BCUT2D eigenvalue weighted by atomic mass is 35.5. The van der Waals surface area contributed by atoms with Gasteiger partial charge in [-0.15, -0.1) is 0 Å². The van der Waals surface area contributed by atoms with Crippen LogP contribution in [0.3, 0.4) is 0 Å². The number of ether oxygens (including phenoxy) is 3. The summed E-state index contributed by atoms with van der Waals surface area (Å²) in [5, 5.41) is 3.02. The van der Waals surface area contributed by atoms with Gasteiger partial charge in [0.2, 0.25) is 11.8 Å². The molecule has 2 amide bonds. The van der Waals surface area contributed by atoms with Gasteiger partial charge in [-0.3, -0.25) is 13.9 Å². The number of anilines is 1. The fourth-order valence-corrected chi connectivity index (χ4v) is 6.15. The van der Waals surface area contributed by atoms with E-state index in [1.165, 1.54) is 86.9 Å². The minimum Gasteiger partial charge on any atom is -0.495 e. The van der Waals surface area contributed by atoms with Crippen LogP contribution in [-0.4, -0.2) is 65.6 Å². The first-order valence-electron chi connectivity index (χ1n) is 13.9. The molecule has 3 aromatic rings. The molecule has 0 spiro atoms. The van der Waals surface area contributed by atoms with Crippen molar-refractivity contribution in [3.8, 4) is 17.2 Å². The molecule has 0 fully saturated rings. The molecular formula is C31H37ClFN3O7S. The summed E-state index contributed by atoms with van der Waals surface area (Å²) in [5.74, 6) is -0.916. The van der Waals surface area contributed by atoms with E-state index < -0.39 is 34.3 Å². The lowest BCUT2D eigenvalue weighted by atomic mass is 10.1. The summed E-state index contributed by atoms with van der Waals surface area (Å²) in [5.41, 5.74) is 0.560. The van der Waals surface area contributed by atoms with Gasteiger partial charge in [-0.1, -0.05) is 37.6 Å². The van der Waals surface area contributed by atoms with Crippen LogP contribution < -0.4 is 23.8 Å². The number of sulfonamides is 1. The lowest BCUT2D eigenvalue weighted by Gasteiger charge is -2.33. The van der Waals surface area contributed by atoms with Crippen LogP contribution in [0.5, 0.6) is 17.2 Å². The molecule has 0 aliphatic heterocycles. The van der Waals surface area contributed by atoms with Crippen LogP contribution in [-0.2, 0) is 26.2 Å². The number of hydrogen-bond donors (Lipinski definition) is 1. The number of carbonyl (C=O) groups is 2. The van der Waals surface area contributed by atoms with Crippen LogP contribution in [0, 0.1) is 5.82 Å². The topological polar surface area (TPSA) is 114 Å². The zero-order valence-corrected chi connectivity index (χ0v) is 26.9. The van der Waals surface area contributed by atoms with Gasteiger partial charge < -0.3 is 24.4 Å². The second-order valence-electron chi connectivity index (χ2n) is 9.71. The maximum Gasteiger partial charge on any atom is 0.265 e. The quantitative estimate of drug-likeness (QED) is 0.246. The maximum absolute atomic E-state index is 14.3. The molecule has 3 rings (SSSR count). The molecule has 0 bridgehead atoms. The van der Waals surface area contributed by atoms with E-state index in [0.29, 0.717) is 24.3 Å². The Labute approximate surface area is 262 Å². The monoisotopic (exact) mass is 649 g/mol. The highest BCUT2D eigenvalue weighted by Gasteiger charge is 2.35. The van der Waals surface area contributed by atoms with Crippen LogP contribution in [0.25, 0.3) is 0 Å². The number of carbonyl (C=O) groups excluding carboxylic acids is 2. The van der Waals surface area contributed by atoms with Crippen molar-refractivity contribution >= 4 is 39.1 Å². The molecule has 10 nitrogen and oxygen atoms in total. The summed E-state index contributed by atoms with van der Waals surface area (Å²) >= 11 is 6.29. The predicted molar refractivity (Wildman–Crippen MR) is 166 cm³/mol. The van der Waals surface area contributed by atoms with Gasteiger partial charge in [0, 0.05) is 24.2 Å². The van der Waals surface area contributed by atoms with Crippen molar-refractivity contribution in [3.63, 3.8) is 0 Å². The van der Waals surface area contributed by atoms with Crippen molar-refractivity contribution in [2.75, 3.05) is 38.7 Å². The van der Waals surface area contributed by atoms with Crippen LogP contribution in [0.1, 0.15) is 32.3 Å². The van der Waals surface area contributed by atoms with Crippen molar-refractivity contribution in [3.05, 3.63) is 77.1 Å².